The van der Waals surface area contributed by atoms with Crippen LogP contribution in [0.2, 0.25) is 0 Å². The molecule has 17 heavy (non-hydrogen) atoms. The van der Waals surface area contributed by atoms with Crippen LogP contribution >= 0.6 is 11.3 Å². The van der Waals surface area contributed by atoms with Gasteiger partial charge in [0.2, 0.25) is 0 Å². The van der Waals surface area contributed by atoms with Crippen LogP contribution in [0.15, 0.2) is 21.8 Å². The summed E-state index contributed by atoms with van der Waals surface area (Å²) in [4.78, 5) is 4.38. The van der Waals surface area contributed by atoms with Gasteiger partial charge in [-0.25, -0.2) is 4.99 Å². The van der Waals surface area contributed by atoms with E-state index in [2.05, 4.69) is 15.6 Å². The van der Waals surface area contributed by atoms with Crippen LogP contribution in [0.5, 0.6) is 0 Å². The van der Waals surface area contributed by atoms with E-state index in [1.807, 2.05) is 30.7 Å². The Balaban J connectivity index is 2.65. The first-order valence-electron chi connectivity index (χ1n) is 5.87. The summed E-state index contributed by atoms with van der Waals surface area (Å²) in [6, 6.07) is 1.93. The smallest absolute Gasteiger partial charge is 0.191 e. The van der Waals surface area contributed by atoms with Crippen LogP contribution < -0.4 is 10.6 Å². The molecule has 0 aliphatic carbocycles. The predicted octanol–water partition coefficient (Wildman–Crippen LogP) is 1.53. The molecule has 3 N–H and O–H groups in total. The number of aliphatic imine (C=N–C) groups is 1. The summed E-state index contributed by atoms with van der Waals surface area (Å²) >= 11 is 1.58. The Morgan fingerprint density at radius 3 is 2.53 bits per heavy atom. The zero-order valence-corrected chi connectivity index (χ0v) is 11.5. The average Bonchev–Trinajstić information content (AvgIpc) is 2.81. The molecule has 0 bridgehead atoms. The van der Waals surface area contributed by atoms with E-state index >= 15 is 0 Å². The Labute approximate surface area is 107 Å². The van der Waals surface area contributed by atoms with Crippen molar-refractivity contribution in [1.82, 2.24) is 10.6 Å². The first kappa shape index (κ1) is 14.0. The van der Waals surface area contributed by atoms with Crippen molar-refractivity contribution < 1.29 is 5.11 Å². The van der Waals surface area contributed by atoms with E-state index in [0.29, 0.717) is 6.54 Å². The van der Waals surface area contributed by atoms with Crippen LogP contribution in [0.25, 0.3) is 0 Å². The van der Waals surface area contributed by atoms with E-state index in [-0.39, 0.29) is 0 Å². The summed E-state index contributed by atoms with van der Waals surface area (Å²) < 4.78 is 0. The quantitative estimate of drug-likeness (QED) is 0.552. The standard InChI is InChI=1S/C12H21N3OS/c1-4-13-11(14-5-2)15-9-12(3,16)10-6-7-17-8-10/h6-8,16H,4-5,9H2,1-3H3,(H2,13,14,15). The van der Waals surface area contributed by atoms with Gasteiger partial charge >= 0.3 is 0 Å². The Bertz CT molecular complexity index is 339. The molecule has 0 aromatic carbocycles. The van der Waals surface area contributed by atoms with Crippen LogP contribution in [0, 0.1) is 0 Å². The van der Waals surface area contributed by atoms with Crippen molar-refractivity contribution in [1.29, 1.82) is 0 Å². The number of nitrogens with one attached hydrogen (secondary N) is 2. The lowest BCUT2D eigenvalue weighted by Gasteiger charge is -2.20. The van der Waals surface area contributed by atoms with Gasteiger partial charge in [-0.15, -0.1) is 0 Å². The maximum absolute atomic E-state index is 10.3. The molecule has 0 saturated heterocycles. The summed E-state index contributed by atoms with van der Waals surface area (Å²) in [7, 11) is 0. The summed E-state index contributed by atoms with van der Waals surface area (Å²) in [5, 5.41) is 20.5. The van der Waals surface area contributed by atoms with E-state index in [0.717, 1.165) is 24.6 Å². The van der Waals surface area contributed by atoms with Crippen molar-refractivity contribution in [2.24, 2.45) is 4.99 Å². The van der Waals surface area contributed by atoms with E-state index in [9.17, 15) is 5.11 Å². The minimum Gasteiger partial charge on any atom is -0.383 e. The molecule has 0 amide bonds. The zero-order chi connectivity index (χ0) is 12.7. The molecule has 1 aromatic rings. The lowest BCUT2D eigenvalue weighted by Crippen LogP contribution is -2.38. The molecule has 0 aliphatic heterocycles. The molecule has 0 spiro atoms. The first-order chi connectivity index (χ1) is 8.10. The van der Waals surface area contributed by atoms with Crippen LogP contribution in [0.3, 0.4) is 0 Å². The summed E-state index contributed by atoms with van der Waals surface area (Å²) in [6.45, 7) is 7.79. The van der Waals surface area contributed by atoms with Gasteiger partial charge in [-0.2, -0.15) is 11.3 Å². The third-order valence-corrected chi connectivity index (χ3v) is 3.06. The van der Waals surface area contributed by atoms with Crippen LogP contribution in [-0.2, 0) is 5.60 Å². The summed E-state index contributed by atoms with van der Waals surface area (Å²) in [6.07, 6.45) is 0. The molecule has 4 nitrogen and oxygen atoms in total. The fourth-order valence-electron chi connectivity index (χ4n) is 1.40. The van der Waals surface area contributed by atoms with Gasteiger partial charge in [0.25, 0.3) is 0 Å². The molecule has 0 aliphatic rings. The van der Waals surface area contributed by atoms with Gasteiger partial charge in [0.1, 0.15) is 5.60 Å². The number of rotatable bonds is 5. The largest absolute Gasteiger partial charge is 0.383 e. The number of guanidine groups is 1. The molecular weight excluding hydrogens is 234 g/mol. The van der Waals surface area contributed by atoms with Crippen molar-refractivity contribution >= 4 is 17.3 Å². The molecule has 1 heterocycles. The SMILES string of the molecule is CCNC(=NCC(C)(O)c1ccsc1)NCC. The normalized spacial score (nSPS) is 13.9. The molecule has 1 atom stereocenters. The Kier molecular flexibility index (Phi) is 5.44. The molecule has 0 radical (unpaired) electrons. The third kappa shape index (κ3) is 4.36. The second-order valence-electron chi connectivity index (χ2n) is 4.01. The highest BCUT2D eigenvalue weighted by Crippen LogP contribution is 2.23. The lowest BCUT2D eigenvalue weighted by atomic mass is 10.00. The van der Waals surface area contributed by atoms with Gasteiger partial charge in [0.05, 0.1) is 6.54 Å². The fourth-order valence-corrected chi connectivity index (χ4v) is 2.19. The molecule has 5 heteroatoms. The van der Waals surface area contributed by atoms with Crippen molar-refractivity contribution in [2.75, 3.05) is 19.6 Å². The third-order valence-electron chi connectivity index (χ3n) is 2.38. The van der Waals surface area contributed by atoms with Crippen LogP contribution in [0.1, 0.15) is 26.3 Å². The van der Waals surface area contributed by atoms with E-state index < -0.39 is 5.60 Å². The van der Waals surface area contributed by atoms with Crippen molar-refractivity contribution in [2.45, 2.75) is 26.4 Å². The van der Waals surface area contributed by atoms with Crippen molar-refractivity contribution in [3.05, 3.63) is 22.4 Å². The highest BCUT2D eigenvalue weighted by atomic mass is 32.1. The van der Waals surface area contributed by atoms with Gasteiger partial charge in [0.15, 0.2) is 5.96 Å². The van der Waals surface area contributed by atoms with Crippen LogP contribution in [-0.4, -0.2) is 30.7 Å². The monoisotopic (exact) mass is 255 g/mol. The van der Waals surface area contributed by atoms with Gasteiger partial charge in [-0.3, -0.25) is 0 Å². The topological polar surface area (TPSA) is 56.7 Å². The number of nitrogens with zero attached hydrogens (tertiary/aromatic N) is 1. The predicted molar refractivity (Wildman–Crippen MR) is 73.5 cm³/mol. The van der Waals surface area contributed by atoms with Gasteiger partial charge in [-0.1, -0.05) is 0 Å². The van der Waals surface area contributed by atoms with E-state index in [1.54, 1.807) is 18.3 Å². The van der Waals surface area contributed by atoms with Gasteiger partial charge < -0.3 is 15.7 Å². The van der Waals surface area contributed by atoms with E-state index in [4.69, 9.17) is 0 Å². The molecule has 1 unspecified atom stereocenters. The van der Waals surface area contributed by atoms with Gasteiger partial charge in [-0.05, 0) is 43.2 Å². The Morgan fingerprint density at radius 2 is 2.06 bits per heavy atom. The highest BCUT2D eigenvalue weighted by molar-refractivity contribution is 7.08. The number of aliphatic hydroxyl groups is 1. The maximum Gasteiger partial charge on any atom is 0.191 e. The molecule has 1 aromatic heterocycles. The summed E-state index contributed by atoms with van der Waals surface area (Å²) in [5.41, 5.74) is 0.00871. The van der Waals surface area contributed by atoms with Crippen molar-refractivity contribution in [3.8, 4) is 0 Å². The lowest BCUT2D eigenvalue weighted by molar-refractivity contribution is 0.0677. The zero-order valence-electron chi connectivity index (χ0n) is 10.7. The fraction of sp³-hybridized carbons (Fsp3) is 0.583. The second-order valence-corrected chi connectivity index (χ2v) is 4.79. The van der Waals surface area contributed by atoms with E-state index in [1.165, 1.54) is 0 Å². The minimum absolute atomic E-state index is 0.346. The first-order valence-corrected chi connectivity index (χ1v) is 6.81. The summed E-state index contributed by atoms with van der Waals surface area (Å²) in [5.74, 6) is 0.741. The number of hydrogen-bond acceptors (Lipinski definition) is 3. The van der Waals surface area contributed by atoms with Crippen LogP contribution in [0.4, 0.5) is 0 Å². The second kappa shape index (κ2) is 6.61. The van der Waals surface area contributed by atoms with Crippen molar-refractivity contribution in [3.63, 3.8) is 0 Å². The average molecular weight is 255 g/mol. The maximum atomic E-state index is 10.3. The number of thiophene rings is 1. The molecule has 96 valence electrons. The minimum atomic E-state index is -0.907. The molecule has 1 rings (SSSR count). The Hall–Kier alpha value is -1.07. The molecule has 0 saturated carbocycles. The van der Waals surface area contributed by atoms with Gasteiger partial charge in [0, 0.05) is 13.1 Å². The molecular formula is C12H21N3OS. The highest BCUT2D eigenvalue weighted by Gasteiger charge is 2.23. The molecule has 0 fully saturated rings. The Morgan fingerprint density at radius 1 is 1.41 bits per heavy atom. The number of hydrogen-bond donors (Lipinski definition) is 3.